The molecule has 2 aromatic carbocycles. The molecular formula is C22H20N2O8S2. The first-order valence-corrected chi connectivity index (χ1v) is 14.0. The second-order valence-electron chi connectivity index (χ2n) is 7.92. The summed E-state index contributed by atoms with van der Waals surface area (Å²) in [4.78, 5) is 51.0. The minimum Gasteiger partial charge on any atom is -0.273 e. The van der Waals surface area contributed by atoms with Crippen LogP contribution in [0.4, 0.5) is 0 Å². The molecule has 4 rings (SSSR count). The highest BCUT2D eigenvalue weighted by Gasteiger charge is 2.37. The Morgan fingerprint density at radius 2 is 0.735 bits per heavy atom. The van der Waals surface area contributed by atoms with E-state index in [4.69, 9.17) is 0 Å². The molecule has 12 heteroatoms. The summed E-state index contributed by atoms with van der Waals surface area (Å²) < 4.78 is 49.6. The summed E-state index contributed by atoms with van der Waals surface area (Å²) in [5, 5.41) is 0. The van der Waals surface area contributed by atoms with Gasteiger partial charge in [-0.25, -0.2) is 16.8 Å². The van der Waals surface area contributed by atoms with Crippen LogP contribution in [0.15, 0.2) is 48.5 Å². The second kappa shape index (κ2) is 8.76. The minimum atomic E-state index is -3.91. The van der Waals surface area contributed by atoms with E-state index in [1.54, 1.807) is 24.3 Å². The fourth-order valence-corrected chi connectivity index (χ4v) is 7.16. The minimum absolute atomic E-state index is 0.195. The van der Waals surface area contributed by atoms with E-state index >= 15 is 0 Å². The normalized spacial score (nSPS) is 15.8. The number of carbonyl (C=O) groups is 4. The maximum absolute atomic E-state index is 12.4. The van der Waals surface area contributed by atoms with Crippen molar-refractivity contribution in [3.63, 3.8) is 0 Å². The predicted octanol–water partition coefficient (Wildman–Crippen LogP) is 0.408. The monoisotopic (exact) mass is 504 g/mol. The predicted molar refractivity (Wildman–Crippen MR) is 121 cm³/mol. The van der Waals surface area contributed by atoms with E-state index in [0.717, 1.165) is 9.80 Å². The van der Waals surface area contributed by atoms with Gasteiger partial charge in [-0.05, 0) is 24.3 Å². The molecule has 2 aliphatic rings. The lowest BCUT2D eigenvalue weighted by Gasteiger charge is -2.15. The number of benzene rings is 2. The molecule has 0 atom stereocenters. The van der Waals surface area contributed by atoms with Gasteiger partial charge in [0.25, 0.3) is 23.6 Å². The lowest BCUT2D eigenvalue weighted by Crippen LogP contribution is -2.37. The van der Waals surface area contributed by atoms with E-state index in [-0.39, 0.29) is 35.3 Å². The quantitative estimate of drug-likeness (QED) is 0.447. The topological polar surface area (TPSA) is 143 Å². The molecule has 0 saturated heterocycles. The van der Waals surface area contributed by atoms with Gasteiger partial charge in [-0.2, -0.15) is 0 Å². The van der Waals surface area contributed by atoms with Gasteiger partial charge in [0.1, 0.15) is 0 Å². The van der Waals surface area contributed by atoms with Crippen LogP contribution in [0, 0.1) is 0 Å². The molecule has 0 aromatic heterocycles. The lowest BCUT2D eigenvalue weighted by atomic mass is 10.1. The van der Waals surface area contributed by atoms with E-state index in [1.165, 1.54) is 24.3 Å². The van der Waals surface area contributed by atoms with E-state index in [2.05, 4.69) is 0 Å². The van der Waals surface area contributed by atoms with Gasteiger partial charge in [-0.3, -0.25) is 29.0 Å². The number of carbonyl (C=O) groups excluding carboxylic acids is 4. The third kappa shape index (κ3) is 4.50. The van der Waals surface area contributed by atoms with Crippen LogP contribution in [0.1, 0.15) is 41.4 Å². The molecule has 0 bridgehead atoms. The highest BCUT2D eigenvalue weighted by molar-refractivity contribution is 7.95. The number of rotatable bonds is 9. The highest BCUT2D eigenvalue weighted by Crippen LogP contribution is 2.23. The van der Waals surface area contributed by atoms with Crippen molar-refractivity contribution >= 4 is 43.3 Å². The molecule has 4 amide bonds. The Labute approximate surface area is 196 Å². The largest absolute Gasteiger partial charge is 0.273 e. The molecule has 0 radical (unpaired) electrons. The molecule has 2 aliphatic heterocycles. The van der Waals surface area contributed by atoms with Crippen LogP contribution in [-0.2, 0) is 19.7 Å². The van der Waals surface area contributed by atoms with Gasteiger partial charge in [-0.15, -0.1) is 0 Å². The van der Waals surface area contributed by atoms with Gasteiger partial charge in [0.15, 0.2) is 19.7 Å². The number of hydrogen-bond donors (Lipinski definition) is 0. The molecule has 2 aromatic rings. The Morgan fingerprint density at radius 3 is 1.00 bits per heavy atom. The Morgan fingerprint density at radius 1 is 0.471 bits per heavy atom. The van der Waals surface area contributed by atoms with Crippen molar-refractivity contribution in [2.45, 2.75) is 0 Å². The summed E-state index contributed by atoms with van der Waals surface area (Å²) in [5.41, 5.74) is 0.780. The zero-order valence-corrected chi connectivity index (χ0v) is 19.5. The maximum Gasteiger partial charge on any atom is 0.261 e. The Hall–Kier alpha value is -3.38. The summed E-state index contributed by atoms with van der Waals surface area (Å²) >= 11 is 0. The van der Waals surface area contributed by atoms with Crippen molar-refractivity contribution in [1.29, 1.82) is 0 Å². The highest BCUT2D eigenvalue weighted by atomic mass is 32.2. The summed E-state index contributed by atoms with van der Waals surface area (Å²) in [6.45, 7) is -0.770. The molecule has 0 fully saturated rings. The average Bonchev–Trinajstić information content (AvgIpc) is 3.20. The number of sulfone groups is 2. The zero-order valence-electron chi connectivity index (χ0n) is 17.8. The number of imide groups is 2. The first kappa shape index (κ1) is 23.8. The van der Waals surface area contributed by atoms with Crippen molar-refractivity contribution in [2.75, 3.05) is 36.1 Å². The number of hydrogen-bond acceptors (Lipinski definition) is 8. The third-order valence-electron chi connectivity index (χ3n) is 5.71. The van der Waals surface area contributed by atoms with Crippen molar-refractivity contribution in [3.8, 4) is 0 Å². The summed E-state index contributed by atoms with van der Waals surface area (Å²) in [5.74, 6) is -4.94. The maximum atomic E-state index is 12.4. The summed E-state index contributed by atoms with van der Waals surface area (Å²) in [6, 6.07) is 12.3. The summed E-state index contributed by atoms with van der Waals surface area (Å²) in [6.07, 6.45) is 0. The molecule has 34 heavy (non-hydrogen) atoms. The smallest absolute Gasteiger partial charge is 0.261 e. The first-order chi connectivity index (χ1) is 16.0. The standard InChI is InChI=1S/C22H20N2O8S2/c25-19-15-5-1-2-6-16(15)20(26)23(19)9-11-33(29,30)13-14-34(31,32)12-10-24-21(27)17-7-3-4-8-18(17)22(24)28/h1-8H,9-14H2. The molecule has 0 N–H and O–H groups in total. The van der Waals surface area contributed by atoms with Gasteiger partial charge in [0, 0.05) is 13.1 Å². The van der Waals surface area contributed by atoms with Gasteiger partial charge in [0.2, 0.25) is 0 Å². The third-order valence-corrected chi connectivity index (χ3v) is 9.23. The number of fused-ring (bicyclic) bond motifs is 2. The Bertz CT molecular complexity index is 1250. The van der Waals surface area contributed by atoms with Crippen LogP contribution in [0.2, 0.25) is 0 Å². The Kier molecular flexibility index (Phi) is 6.13. The van der Waals surface area contributed by atoms with Gasteiger partial charge in [-0.1, -0.05) is 24.3 Å². The molecule has 178 valence electrons. The van der Waals surface area contributed by atoms with E-state index in [9.17, 15) is 36.0 Å². The van der Waals surface area contributed by atoms with Crippen LogP contribution in [0.5, 0.6) is 0 Å². The van der Waals surface area contributed by atoms with E-state index in [1.807, 2.05) is 0 Å². The van der Waals surface area contributed by atoms with Gasteiger partial charge in [0.05, 0.1) is 45.3 Å². The summed E-state index contributed by atoms with van der Waals surface area (Å²) in [7, 11) is -7.82. The molecule has 2 heterocycles. The van der Waals surface area contributed by atoms with Crippen molar-refractivity contribution < 1.29 is 36.0 Å². The van der Waals surface area contributed by atoms with Crippen LogP contribution in [0.25, 0.3) is 0 Å². The zero-order chi connectivity index (χ0) is 24.7. The number of amides is 4. The first-order valence-electron chi connectivity index (χ1n) is 10.3. The average molecular weight is 505 g/mol. The van der Waals surface area contributed by atoms with E-state index < -0.39 is 66.3 Å². The van der Waals surface area contributed by atoms with Gasteiger partial charge < -0.3 is 0 Å². The van der Waals surface area contributed by atoms with Crippen LogP contribution < -0.4 is 0 Å². The fourth-order valence-electron chi connectivity index (χ4n) is 3.80. The fraction of sp³-hybridized carbons (Fsp3) is 0.273. The molecular weight excluding hydrogens is 484 g/mol. The molecule has 0 spiro atoms. The number of nitrogens with zero attached hydrogens (tertiary/aromatic N) is 2. The van der Waals surface area contributed by atoms with E-state index in [0.29, 0.717) is 0 Å². The van der Waals surface area contributed by atoms with Crippen LogP contribution >= 0.6 is 0 Å². The molecule has 10 nitrogen and oxygen atoms in total. The van der Waals surface area contributed by atoms with Crippen molar-refractivity contribution in [3.05, 3.63) is 70.8 Å². The Balaban J connectivity index is 1.30. The molecule has 0 aliphatic carbocycles. The molecule has 0 unspecified atom stereocenters. The SMILES string of the molecule is O=C1c2ccccc2C(=O)N1CCS(=O)(=O)CCS(=O)(=O)CCN1C(=O)c2ccccc2C1=O. The van der Waals surface area contributed by atoms with Crippen molar-refractivity contribution in [2.24, 2.45) is 0 Å². The van der Waals surface area contributed by atoms with Crippen molar-refractivity contribution in [1.82, 2.24) is 9.80 Å². The molecule has 0 saturated carbocycles. The van der Waals surface area contributed by atoms with Crippen LogP contribution in [0.3, 0.4) is 0 Å². The lowest BCUT2D eigenvalue weighted by molar-refractivity contribution is 0.0648. The second-order valence-corrected chi connectivity index (χ2v) is 12.5. The van der Waals surface area contributed by atoms with Crippen LogP contribution in [-0.4, -0.2) is 86.4 Å². The van der Waals surface area contributed by atoms with Gasteiger partial charge >= 0.3 is 0 Å².